The quantitative estimate of drug-likeness (QED) is 0.857. The zero-order valence-corrected chi connectivity index (χ0v) is 13.9. The normalized spacial score (nSPS) is 14.3. The molecule has 0 saturated heterocycles. The number of nitrogens with zero attached hydrogens (tertiary/aromatic N) is 2. The number of hydrogen-bond donors (Lipinski definition) is 2. The maximum absolute atomic E-state index is 12.7. The molecule has 0 bridgehead atoms. The van der Waals surface area contributed by atoms with Crippen LogP contribution in [0, 0.1) is 0 Å². The first-order valence-electron chi connectivity index (χ1n) is 8.46. The van der Waals surface area contributed by atoms with Crippen LogP contribution in [0.15, 0.2) is 42.6 Å². The van der Waals surface area contributed by atoms with E-state index in [9.17, 15) is 4.79 Å². The monoisotopic (exact) mass is 325 g/mol. The predicted octanol–water partition coefficient (Wildman–Crippen LogP) is 2.86. The number of aliphatic hydroxyl groups is 1. The molecular formula is C19H23N3O2. The molecule has 2 aromatic rings. The molecule has 3 rings (SSSR count). The summed E-state index contributed by atoms with van der Waals surface area (Å²) in [7, 11) is 0. The van der Waals surface area contributed by atoms with Crippen molar-refractivity contribution in [2.75, 3.05) is 23.4 Å². The van der Waals surface area contributed by atoms with Gasteiger partial charge in [0.05, 0.1) is 5.56 Å². The molecule has 1 unspecified atom stereocenters. The van der Waals surface area contributed by atoms with Crippen LogP contribution in [0.5, 0.6) is 0 Å². The topological polar surface area (TPSA) is 65.5 Å². The Bertz CT molecular complexity index is 700. The average molecular weight is 325 g/mol. The van der Waals surface area contributed by atoms with Crippen molar-refractivity contribution in [2.45, 2.75) is 32.2 Å². The summed E-state index contributed by atoms with van der Waals surface area (Å²) in [5.74, 6) is 0.718. The number of benzene rings is 1. The highest BCUT2D eigenvalue weighted by Crippen LogP contribution is 2.28. The molecule has 2 heterocycles. The molecule has 5 nitrogen and oxygen atoms in total. The van der Waals surface area contributed by atoms with Crippen LogP contribution in [0.4, 0.5) is 11.5 Å². The third-order valence-corrected chi connectivity index (χ3v) is 4.47. The Kier molecular flexibility index (Phi) is 5.11. The minimum absolute atomic E-state index is 0.0126. The van der Waals surface area contributed by atoms with Gasteiger partial charge in [0, 0.05) is 31.1 Å². The molecule has 0 spiro atoms. The van der Waals surface area contributed by atoms with Crippen molar-refractivity contribution in [3.8, 4) is 0 Å². The van der Waals surface area contributed by atoms with Crippen LogP contribution in [0.1, 0.15) is 35.7 Å². The molecule has 0 fully saturated rings. The van der Waals surface area contributed by atoms with E-state index < -0.39 is 0 Å². The second kappa shape index (κ2) is 7.45. The minimum Gasteiger partial charge on any atom is -0.396 e. The zero-order chi connectivity index (χ0) is 16.9. The summed E-state index contributed by atoms with van der Waals surface area (Å²) in [6.07, 6.45) is 4.11. The second-order valence-electron chi connectivity index (χ2n) is 6.03. The van der Waals surface area contributed by atoms with Gasteiger partial charge in [-0.15, -0.1) is 0 Å². The molecule has 1 aromatic carbocycles. The fourth-order valence-corrected chi connectivity index (χ4v) is 3.05. The van der Waals surface area contributed by atoms with Crippen LogP contribution in [0.2, 0.25) is 0 Å². The third kappa shape index (κ3) is 3.41. The molecule has 0 radical (unpaired) electrons. The van der Waals surface area contributed by atoms with E-state index in [1.807, 2.05) is 35.2 Å². The number of carbonyl (C=O) groups excluding carboxylic acids is 1. The highest BCUT2D eigenvalue weighted by Gasteiger charge is 2.25. The van der Waals surface area contributed by atoms with Gasteiger partial charge in [0.1, 0.15) is 5.82 Å². The number of aromatic nitrogens is 1. The molecule has 1 amide bonds. The van der Waals surface area contributed by atoms with E-state index >= 15 is 0 Å². The summed E-state index contributed by atoms with van der Waals surface area (Å²) in [4.78, 5) is 18.9. The summed E-state index contributed by atoms with van der Waals surface area (Å²) in [5.41, 5.74) is 2.80. The van der Waals surface area contributed by atoms with Crippen molar-refractivity contribution in [1.82, 2.24) is 4.98 Å². The minimum atomic E-state index is -0.0126. The summed E-state index contributed by atoms with van der Waals surface area (Å²) in [6, 6.07) is 11.9. The average Bonchev–Trinajstić information content (AvgIpc) is 3.05. The number of rotatable bonds is 6. The first-order valence-corrected chi connectivity index (χ1v) is 8.46. The molecule has 5 heteroatoms. The lowest BCUT2D eigenvalue weighted by atomic mass is 10.1. The third-order valence-electron chi connectivity index (χ3n) is 4.47. The first kappa shape index (κ1) is 16.5. The van der Waals surface area contributed by atoms with E-state index in [1.54, 1.807) is 6.20 Å². The molecule has 0 aliphatic carbocycles. The number of aliphatic hydroxyl groups excluding tert-OH is 1. The van der Waals surface area contributed by atoms with E-state index in [4.69, 9.17) is 5.11 Å². The number of nitrogens with one attached hydrogen (secondary N) is 1. The number of amides is 1. The van der Waals surface area contributed by atoms with Gasteiger partial charge in [0.15, 0.2) is 0 Å². The number of fused-ring (bicyclic) bond motifs is 1. The largest absolute Gasteiger partial charge is 0.396 e. The van der Waals surface area contributed by atoms with Crippen LogP contribution in [-0.4, -0.2) is 35.2 Å². The molecule has 2 N–H and O–H groups in total. The smallest absolute Gasteiger partial charge is 0.259 e. The summed E-state index contributed by atoms with van der Waals surface area (Å²) >= 11 is 0. The van der Waals surface area contributed by atoms with Crippen molar-refractivity contribution in [3.63, 3.8) is 0 Å². The van der Waals surface area contributed by atoms with Crippen molar-refractivity contribution >= 4 is 17.4 Å². The number of hydrogen-bond acceptors (Lipinski definition) is 4. The fourth-order valence-electron chi connectivity index (χ4n) is 3.05. The van der Waals surface area contributed by atoms with E-state index in [-0.39, 0.29) is 18.6 Å². The van der Waals surface area contributed by atoms with Crippen LogP contribution in [0.3, 0.4) is 0 Å². The SMILES string of the molecule is CCC(CCO)Nc1ccc(C(=O)N2CCc3ccccc32)cn1. The van der Waals surface area contributed by atoms with Gasteiger partial charge in [-0.1, -0.05) is 25.1 Å². The molecule has 1 atom stereocenters. The van der Waals surface area contributed by atoms with E-state index in [1.165, 1.54) is 5.56 Å². The van der Waals surface area contributed by atoms with Crippen LogP contribution >= 0.6 is 0 Å². The van der Waals surface area contributed by atoms with Gasteiger partial charge < -0.3 is 15.3 Å². The lowest BCUT2D eigenvalue weighted by molar-refractivity contribution is 0.0989. The molecule has 0 saturated carbocycles. The Morgan fingerprint density at radius 1 is 1.33 bits per heavy atom. The summed E-state index contributed by atoms with van der Waals surface area (Å²) in [5, 5.41) is 12.3. The zero-order valence-electron chi connectivity index (χ0n) is 13.9. The van der Waals surface area contributed by atoms with Crippen molar-refractivity contribution in [2.24, 2.45) is 0 Å². The number of para-hydroxylation sites is 1. The standard InChI is InChI=1S/C19H23N3O2/c1-2-16(10-12-23)21-18-8-7-15(13-20-18)19(24)22-11-9-14-5-3-4-6-17(14)22/h3-8,13,16,23H,2,9-12H2,1H3,(H,20,21). The van der Waals surface area contributed by atoms with Crippen LogP contribution in [0.25, 0.3) is 0 Å². The van der Waals surface area contributed by atoms with Gasteiger partial charge in [-0.05, 0) is 43.0 Å². The van der Waals surface area contributed by atoms with Gasteiger partial charge in [-0.25, -0.2) is 4.98 Å². The van der Waals surface area contributed by atoms with Gasteiger partial charge in [0.25, 0.3) is 5.91 Å². The van der Waals surface area contributed by atoms with Crippen LogP contribution in [-0.2, 0) is 6.42 Å². The lowest BCUT2D eigenvalue weighted by Crippen LogP contribution is -2.29. The highest BCUT2D eigenvalue weighted by atomic mass is 16.3. The summed E-state index contributed by atoms with van der Waals surface area (Å²) < 4.78 is 0. The molecule has 1 aliphatic heterocycles. The maximum atomic E-state index is 12.7. The Labute approximate surface area is 142 Å². The van der Waals surface area contributed by atoms with Crippen molar-refractivity contribution in [3.05, 3.63) is 53.7 Å². The van der Waals surface area contributed by atoms with Gasteiger partial charge in [0.2, 0.25) is 0 Å². The Hall–Kier alpha value is -2.40. The van der Waals surface area contributed by atoms with E-state index in [0.29, 0.717) is 18.5 Å². The van der Waals surface area contributed by atoms with Crippen LogP contribution < -0.4 is 10.2 Å². The van der Waals surface area contributed by atoms with Crippen molar-refractivity contribution < 1.29 is 9.90 Å². The molecular weight excluding hydrogens is 302 g/mol. The molecule has 1 aliphatic rings. The van der Waals surface area contributed by atoms with Gasteiger partial charge in [-0.2, -0.15) is 0 Å². The van der Waals surface area contributed by atoms with Gasteiger partial charge in [-0.3, -0.25) is 4.79 Å². The highest BCUT2D eigenvalue weighted by molar-refractivity contribution is 6.07. The van der Waals surface area contributed by atoms with E-state index in [0.717, 1.165) is 24.3 Å². The van der Waals surface area contributed by atoms with Crippen molar-refractivity contribution in [1.29, 1.82) is 0 Å². The Balaban J connectivity index is 1.71. The molecule has 1 aromatic heterocycles. The second-order valence-corrected chi connectivity index (χ2v) is 6.03. The molecule has 24 heavy (non-hydrogen) atoms. The predicted molar refractivity (Wildman–Crippen MR) is 95.5 cm³/mol. The van der Waals surface area contributed by atoms with E-state index in [2.05, 4.69) is 23.3 Å². The van der Waals surface area contributed by atoms with Gasteiger partial charge >= 0.3 is 0 Å². The number of carbonyl (C=O) groups is 1. The Morgan fingerprint density at radius 3 is 2.88 bits per heavy atom. The number of pyridine rings is 1. The summed E-state index contributed by atoms with van der Waals surface area (Å²) in [6.45, 7) is 2.93. The lowest BCUT2D eigenvalue weighted by Gasteiger charge is -2.18. The number of anilines is 2. The fraction of sp³-hybridized carbons (Fsp3) is 0.368. The maximum Gasteiger partial charge on any atom is 0.259 e. The molecule has 126 valence electrons. The first-order chi connectivity index (χ1) is 11.7. The Morgan fingerprint density at radius 2 is 2.17 bits per heavy atom.